The summed E-state index contributed by atoms with van der Waals surface area (Å²) in [6.45, 7) is 2.01. The van der Waals surface area contributed by atoms with E-state index in [0.29, 0.717) is 5.82 Å². The Morgan fingerprint density at radius 3 is 2.90 bits per heavy atom. The monoisotopic (exact) mass is 282 g/mol. The van der Waals surface area contributed by atoms with Gasteiger partial charge < -0.3 is 10.5 Å². The van der Waals surface area contributed by atoms with Crippen molar-refractivity contribution >= 4 is 22.6 Å². The lowest BCUT2D eigenvalue weighted by Crippen LogP contribution is -2.08. The van der Waals surface area contributed by atoms with Gasteiger partial charge in [0.2, 0.25) is 0 Å². The molecule has 0 unspecified atom stereocenters. The van der Waals surface area contributed by atoms with Crippen molar-refractivity contribution in [1.82, 2.24) is 14.8 Å². The highest BCUT2D eigenvalue weighted by molar-refractivity contribution is 5.92. The zero-order valence-corrected chi connectivity index (χ0v) is 11.5. The lowest BCUT2D eigenvalue weighted by Gasteiger charge is -2.02. The van der Waals surface area contributed by atoms with Crippen LogP contribution in [-0.2, 0) is 4.74 Å². The zero-order valence-electron chi connectivity index (χ0n) is 11.5. The van der Waals surface area contributed by atoms with Crippen molar-refractivity contribution in [3.05, 3.63) is 48.3 Å². The first-order valence-corrected chi connectivity index (χ1v) is 6.57. The normalized spacial score (nSPS) is 10.7. The van der Waals surface area contributed by atoms with Crippen LogP contribution in [0.2, 0.25) is 0 Å². The van der Waals surface area contributed by atoms with E-state index in [1.807, 2.05) is 36.4 Å². The SMILES string of the molecule is CCOC(=O)c1nn(-c2ccc3ccccc3n2)cc1N. The smallest absolute Gasteiger partial charge is 0.361 e. The first-order valence-electron chi connectivity index (χ1n) is 6.57. The number of pyridine rings is 1. The Hall–Kier alpha value is -2.89. The Kier molecular flexibility index (Phi) is 3.27. The summed E-state index contributed by atoms with van der Waals surface area (Å²) in [5.41, 5.74) is 7.03. The lowest BCUT2D eigenvalue weighted by atomic mass is 10.2. The third kappa shape index (κ3) is 2.43. The van der Waals surface area contributed by atoms with Gasteiger partial charge in [0, 0.05) is 5.39 Å². The van der Waals surface area contributed by atoms with Gasteiger partial charge in [-0.15, -0.1) is 0 Å². The van der Waals surface area contributed by atoms with Crippen LogP contribution < -0.4 is 5.73 Å². The molecule has 0 aliphatic carbocycles. The molecule has 106 valence electrons. The molecule has 3 rings (SSSR count). The van der Waals surface area contributed by atoms with Crippen molar-refractivity contribution < 1.29 is 9.53 Å². The summed E-state index contributed by atoms with van der Waals surface area (Å²) in [6.07, 6.45) is 1.56. The van der Waals surface area contributed by atoms with Gasteiger partial charge in [0.15, 0.2) is 11.5 Å². The predicted octanol–water partition coefficient (Wildman–Crippen LogP) is 2.18. The molecule has 2 aromatic heterocycles. The van der Waals surface area contributed by atoms with Crippen LogP contribution in [0, 0.1) is 0 Å². The van der Waals surface area contributed by atoms with E-state index >= 15 is 0 Å². The van der Waals surface area contributed by atoms with Crippen LogP contribution in [0.3, 0.4) is 0 Å². The molecule has 3 aromatic rings. The number of nitrogen functional groups attached to an aromatic ring is 1. The summed E-state index contributed by atoms with van der Waals surface area (Å²) in [4.78, 5) is 16.2. The third-order valence-electron chi connectivity index (χ3n) is 3.03. The van der Waals surface area contributed by atoms with Crippen LogP contribution in [0.1, 0.15) is 17.4 Å². The van der Waals surface area contributed by atoms with E-state index < -0.39 is 5.97 Å². The summed E-state index contributed by atoms with van der Waals surface area (Å²) in [5, 5.41) is 5.19. The largest absolute Gasteiger partial charge is 0.461 e. The number of para-hydroxylation sites is 1. The highest BCUT2D eigenvalue weighted by atomic mass is 16.5. The predicted molar refractivity (Wildman–Crippen MR) is 79.2 cm³/mol. The molecule has 0 spiro atoms. The number of aromatic nitrogens is 3. The van der Waals surface area contributed by atoms with Crippen LogP contribution in [-0.4, -0.2) is 27.3 Å². The van der Waals surface area contributed by atoms with Crippen molar-refractivity contribution in [3.8, 4) is 5.82 Å². The topological polar surface area (TPSA) is 83.0 Å². The number of nitrogens with zero attached hydrogens (tertiary/aromatic N) is 3. The van der Waals surface area contributed by atoms with E-state index in [9.17, 15) is 4.79 Å². The van der Waals surface area contributed by atoms with E-state index in [2.05, 4.69) is 10.1 Å². The molecule has 0 atom stereocenters. The Morgan fingerprint density at radius 1 is 1.29 bits per heavy atom. The third-order valence-corrected chi connectivity index (χ3v) is 3.03. The van der Waals surface area contributed by atoms with Crippen LogP contribution in [0.5, 0.6) is 0 Å². The molecule has 0 aliphatic heterocycles. The number of hydrogen-bond donors (Lipinski definition) is 1. The molecule has 0 aliphatic rings. The molecule has 0 fully saturated rings. The average molecular weight is 282 g/mol. The first-order chi connectivity index (χ1) is 10.2. The molecule has 0 saturated heterocycles. The molecule has 0 radical (unpaired) electrons. The maximum Gasteiger partial charge on any atom is 0.361 e. The average Bonchev–Trinajstić information content (AvgIpc) is 2.89. The number of nitrogens with two attached hydrogens (primary N) is 1. The standard InChI is InChI=1S/C15H14N4O2/c1-2-21-15(20)14-11(16)9-19(18-14)13-8-7-10-5-3-4-6-12(10)17-13/h3-9H,2,16H2,1H3. The van der Waals surface area contributed by atoms with E-state index in [1.54, 1.807) is 13.1 Å². The molecule has 1 aromatic carbocycles. The Morgan fingerprint density at radius 2 is 2.10 bits per heavy atom. The number of hydrogen-bond acceptors (Lipinski definition) is 5. The van der Waals surface area contributed by atoms with Gasteiger partial charge in [-0.2, -0.15) is 5.10 Å². The van der Waals surface area contributed by atoms with Gasteiger partial charge in [-0.3, -0.25) is 0 Å². The minimum absolute atomic E-state index is 0.104. The van der Waals surface area contributed by atoms with Crippen molar-refractivity contribution in [2.24, 2.45) is 0 Å². The molecule has 2 heterocycles. The number of esters is 1. The van der Waals surface area contributed by atoms with Crippen LogP contribution in [0.15, 0.2) is 42.6 Å². The quantitative estimate of drug-likeness (QED) is 0.744. The summed E-state index contributed by atoms with van der Waals surface area (Å²) >= 11 is 0. The number of ether oxygens (including phenoxy) is 1. The molecule has 2 N–H and O–H groups in total. The van der Waals surface area contributed by atoms with Gasteiger partial charge >= 0.3 is 5.97 Å². The van der Waals surface area contributed by atoms with Gasteiger partial charge in [-0.25, -0.2) is 14.5 Å². The molecule has 6 heteroatoms. The van der Waals surface area contributed by atoms with Gasteiger partial charge in [0.05, 0.1) is 24.0 Å². The van der Waals surface area contributed by atoms with Crippen LogP contribution >= 0.6 is 0 Å². The van der Waals surface area contributed by atoms with Crippen molar-refractivity contribution in [2.45, 2.75) is 6.92 Å². The Bertz CT molecular complexity index is 810. The fourth-order valence-corrected chi connectivity index (χ4v) is 2.05. The van der Waals surface area contributed by atoms with E-state index in [0.717, 1.165) is 10.9 Å². The molecule has 21 heavy (non-hydrogen) atoms. The molecule has 6 nitrogen and oxygen atoms in total. The minimum atomic E-state index is -0.533. The Labute approximate surface area is 121 Å². The number of carbonyl (C=O) groups is 1. The summed E-state index contributed by atoms with van der Waals surface area (Å²) in [6, 6.07) is 11.5. The molecular formula is C15H14N4O2. The molecular weight excluding hydrogens is 268 g/mol. The molecule has 0 amide bonds. The number of benzene rings is 1. The zero-order chi connectivity index (χ0) is 14.8. The van der Waals surface area contributed by atoms with Crippen molar-refractivity contribution in [1.29, 1.82) is 0 Å². The fraction of sp³-hybridized carbons (Fsp3) is 0.133. The van der Waals surface area contributed by atoms with Crippen LogP contribution in [0.4, 0.5) is 5.69 Å². The Balaban J connectivity index is 2.02. The first kappa shape index (κ1) is 13.1. The maximum atomic E-state index is 11.7. The van der Waals surface area contributed by atoms with E-state index in [4.69, 9.17) is 10.5 Å². The maximum absolute atomic E-state index is 11.7. The second-order valence-corrected chi connectivity index (χ2v) is 4.46. The molecule has 0 saturated carbocycles. The minimum Gasteiger partial charge on any atom is -0.461 e. The number of fused-ring (bicyclic) bond motifs is 1. The van der Waals surface area contributed by atoms with Gasteiger partial charge in [-0.1, -0.05) is 18.2 Å². The van der Waals surface area contributed by atoms with Crippen molar-refractivity contribution in [3.63, 3.8) is 0 Å². The highest BCUT2D eigenvalue weighted by Gasteiger charge is 2.17. The summed E-state index contributed by atoms with van der Waals surface area (Å²) in [7, 11) is 0. The molecule has 0 bridgehead atoms. The van der Waals surface area contributed by atoms with E-state index in [-0.39, 0.29) is 18.0 Å². The van der Waals surface area contributed by atoms with Crippen LogP contribution in [0.25, 0.3) is 16.7 Å². The second kappa shape index (κ2) is 5.24. The fourth-order valence-electron chi connectivity index (χ4n) is 2.05. The lowest BCUT2D eigenvalue weighted by molar-refractivity contribution is 0.0520. The summed E-state index contributed by atoms with van der Waals surface area (Å²) in [5.74, 6) is 0.0606. The van der Waals surface area contributed by atoms with Gasteiger partial charge in [-0.05, 0) is 25.1 Å². The number of anilines is 1. The summed E-state index contributed by atoms with van der Waals surface area (Å²) < 4.78 is 6.39. The van der Waals surface area contributed by atoms with Gasteiger partial charge in [0.25, 0.3) is 0 Å². The van der Waals surface area contributed by atoms with E-state index in [1.165, 1.54) is 4.68 Å². The highest BCUT2D eigenvalue weighted by Crippen LogP contribution is 2.17. The van der Waals surface area contributed by atoms with Crippen molar-refractivity contribution in [2.75, 3.05) is 12.3 Å². The van der Waals surface area contributed by atoms with Gasteiger partial charge in [0.1, 0.15) is 0 Å². The number of carbonyl (C=O) groups excluding carboxylic acids is 1. The number of rotatable bonds is 3. The second-order valence-electron chi connectivity index (χ2n) is 4.46.